The normalized spacial score (nSPS) is 13.2. The lowest BCUT2D eigenvalue weighted by Crippen LogP contribution is -2.33. The van der Waals surface area contributed by atoms with Gasteiger partial charge in [-0.1, -0.05) is 12.1 Å². The Morgan fingerprint density at radius 2 is 1.88 bits per heavy atom. The van der Waals surface area contributed by atoms with Crippen LogP contribution in [0.4, 0.5) is 0 Å². The van der Waals surface area contributed by atoms with Crippen molar-refractivity contribution in [2.24, 2.45) is 0 Å². The maximum Gasteiger partial charge on any atom is 0.338 e. The molecule has 3 aromatic rings. The fourth-order valence-corrected chi connectivity index (χ4v) is 2.66. The summed E-state index contributed by atoms with van der Waals surface area (Å²) in [7, 11) is 0. The molecule has 2 atom stereocenters. The summed E-state index contributed by atoms with van der Waals surface area (Å²) >= 11 is 0. The Morgan fingerprint density at radius 1 is 1.15 bits per heavy atom. The number of carboxylic acid groups (broad SMARTS) is 1. The SMILES string of the molecule is CC(NC(=O)C(C)n1cc(C(=O)O)cn1)c1cccc(-n2cccc2)c1. The van der Waals surface area contributed by atoms with E-state index in [0.29, 0.717) is 0 Å². The smallest absolute Gasteiger partial charge is 0.338 e. The Morgan fingerprint density at radius 3 is 2.54 bits per heavy atom. The van der Waals surface area contributed by atoms with Crippen LogP contribution in [0.2, 0.25) is 0 Å². The third kappa shape index (κ3) is 3.66. The summed E-state index contributed by atoms with van der Waals surface area (Å²) in [5, 5.41) is 15.9. The molecule has 2 aromatic heterocycles. The van der Waals surface area contributed by atoms with Crippen LogP contribution < -0.4 is 5.32 Å². The number of nitrogens with one attached hydrogen (secondary N) is 1. The molecule has 0 saturated carbocycles. The van der Waals surface area contributed by atoms with Crippen LogP contribution in [0.25, 0.3) is 5.69 Å². The van der Waals surface area contributed by atoms with Gasteiger partial charge in [0.1, 0.15) is 6.04 Å². The molecule has 0 radical (unpaired) electrons. The van der Waals surface area contributed by atoms with Crippen LogP contribution in [-0.4, -0.2) is 31.3 Å². The zero-order valence-electron chi connectivity index (χ0n) is 14.5. The second-order valence-electron chi connectivity index (χ2n) is 6.11. The quantitative estimate of drug-likeness (QED) is 0.714. The second-order valence-corrected chi connectivity index (χ2v) is 6.11. The van der Waals surface area contributed by atoms with E-state index in [0.717, 1.165) is 11.3 Å². The van der Waals surface area contributed by atoms with Crippen LogP contribution >= 0.6 is 0 Å². The minimum absolute atomic E-state index is 0.0529. The van der Waals surface area contributed by atoms with Gasteiger partial charge in [0, 0.05) is 24.3 Å². The molecule has 3 rings (SSSR count). The number of hydrogen-bond acceptors (Lipinski definition) is 3. The second kappa shape index (κ2) is 7.26. The fourth-order valence-electron chi connectivity index (χ4n) is 2.66. The molecule has 134 valence electrons. The number of nitrogens with zero attached hydrogens (tertiary/aromatic N) is 3. The Labute approximate surface area is 150 Å². The number of hydrogen-bond donors (Lipinski definition) is 2. The summed E-state index contributed by atoms with van der Waals surface area (Å²) in [5.41, 5.74) is 2.04. The average molecular weight is 352 g/mol. The summed E-state index contributed by atoms with van der Waals surface area (Å²) in [4.78, 5) is 23.4. The van der Waals surface area contributed by atoms with Crippen LogP contribution in [-0.2, 0) is 4.79 Å². The standard InChI is InChI=1S/C19H20N4O3/c1-13(15-6-5-7-17(10-15)22-8-3-4-9-22)21-18(24)14(2)23-12-16(11-20-23)19(25)26/h3-14H,1-2H3,(H,21,24)(H,25,26). The van der Waals surface area contributed by atoms with Gasteiger partial charge in [0.05, 0.1) is 17.8 Å². The van der Waals surface area contributed by atoms with E-state index in [4.69, 9.17) is 5.11 Å². The molecule has 26 heavy (non-hydrogen) atoms. The highest BCUT2D eigenvalue weighted by Gasteiger charge is 2.20. The van der Waals surface area contributed by atoms with Crippen LogP contribution in [0.1, 0.15) is 41.9 Å². The molecular formula is C19H20N4O3. The number of amides is 1. The molecule has 0 saturated heterocycles. The van der Waals surface area contributed by atoms with Crippen molar-refractivity contribution in [2.75, 3.05) is 0 Å². The van der Waals surface area contributed by atoms with E-state index >= 15 is 0 Å². The van der Waals surface area contributed by atoms with Crippen molar-refractivity contribution in [1.29, 1.82) is 0 Å². The predicted octanol–water partition coefficient (Wildman–Crippen LogP) is 2.81. The van der Waals surface area contributed by atoms with E-state index in [9.17, 15) is 9.59 Å². The molecule has 2 unspecified atom stereocenters. The van der Waals surface area contributed by atoms with Gasteiger partial charge in [-0.05, 0) is 43.7 Å². The first-order valence-electron chi connectivity index (χ1n) is 8.27. The van der Waals surface area contributed by atoms with Gasteiger partial charge in [-0.3, -0.25) is 9.48 Å². The van der Waals surface area contributed by atoms with Crippen molar-refractivity contribution < 1.29 is 14.7 Å². The maximum absolute atomic E-state index is 12.5. The number of aromatic carboxylic acids is 1. The highest BCUT2D eigenvalue weighted by atomic mass is 16.4. The number of aromatic nitrogens is 3. The zero-order valence-corrected chi connectivity index (χ0v) is 14.5. The van der Waals surface area contributed by atoms with Crippen molar-refractivity contribution in [3.63, 3.8) is 0 Å². The van der Waals surface area contributed by atoms with E-state index in [2.05, 4.69) is 10.4 Å². The summed E-state index contributed by atoms with van der Waals surface area (Å²) in [6.07, 6.45) is 6.50. The van der Waals surface area contributed by atoms with E-state index in [1.165, 1.54) is 17.1 Å². The van der Waals surface area contributed by atoms with Gasteiger partial charge in [0.25, 0.3) is 0 Å². The van der Waals surface area contributed by atoms with Crippen molar-refractivity contribution >= 4 is 11.9 Å². The summed E-state index contributed by atoms with van der Waals surface area (Å²) in [5.74, 6) is -1.30. The van der Waals surface area contributed by atoms with E-state index in [1.807, 2.05) is 60.3 Å². The van der Waals surface area contributed by atoms with Gasteiger partial charge in [0.15, 0.2) is 0 Å². The zero-order chi connectivity index (χ0) is 18.7. The first kappa shape index (κ1) is 17.5. The highest BCUT2D eigenvalue weighted by molar-refractivity contribution is 5.87. The van der Waals surface area contributed by atoms with Crippen LogP contribution in [0, 0.1) is 0 Å². The lowest BCUT2D eigenvalue weighted by molar-refractivity contribution is -0.124. The molecule has 0 fully saturated rings. The van der Waals surface area contributed by atoms with Crippen LogP contribution in [0.15, 0.2) is 61.2 Å². The van der Waals surface area contributed by atoms with Gasteiger partial charge >= 0.3 is 5.97 Å². The largest absolute Gasteiger partial charge is 0.478 e. The number of rotatable bonds is 6. The lowest BCUT2D eigenvalue weighted by atomic mass is 10.1. The molecular weight excluding hydrogens is 332 g/mol. The summed E-state index contributed by atoms with van der Waals surface area (Å²) < 4.78 is 3.35. The monoisotopic (exact) mass is 352 g/mol. The van der Waals surface area contributed by atoms with Gasteiger partial charge in [-0.2, -0.15) is 5.10 Å². The van der Waals surface area contributed by atoms with Gasteiger partial charge in [-0.25, -0.2) is 4.79 Å². The number of carbonyl (C=O) groups is 2. The van der Waals surface area contributed by atoms with Gasteiger partial charge < -0.3 is 15.0 Å². The molecule has 1 aromatic carbocycles. The van der Waals surface area contributed by atoms with Crippen molar-refractivity contribution in [3.05, 3.63) is 72.3 Å². The van der Waals surface area contributed by atoms with Crippen LogP contribution in [0.3, 0.4) is 0 Å². The van der Waals surface area contributed by atoms with E-state index in [1.54, 1.807) is 6.92 Å². The first-order chi connectivity index (χ1) is 12.5. The summed E-state index contributed by atoms with van der Waals surface area (Å²) in [6.45, 7) is 3.59. The highest BCUT2D eigenvalue weighted by Crippen LogP contribution is 2.18. The Kier molecular flexibility index (Phi) is 4.88. The number of benzene rings is 1. The Balaban J connectivity index is 1.70. The predicted molar refractivity (Wildman–Crippen MR) is 96.2 cm³/mol. The topological polar surface area (TPSA) is 89.2 Å². The summed E-state index contributed by atoms with van der Waals surface area (Å²) in [6, 6.07) is 11.0. The molecule has 0 aliphatic carbocycles. The van der Waals surface area contributed by atoms with Gasteiger partial charge in [-0.15, -0.1) is 0 Å². The third-order valence-corrected chi connectivity index (χ3v) is 4.26. The average Bonchev–Trinajstić information content (AvgIpc) is 3.33. The van der Waals surface area contributed by atoms with E-state index < -0.39 is 12.0 Å². The minimum atomic E-state index is -1.07. The van der Waals surface area contributed by atoms with Crippen molar-refractivity contribution in [2.45, 2.75) is 25.9 Å². The third-order valence-electron chi connectivity index (χ3n) is 4.26. The molecule has 0 spiro atoms. The minimum Gasteiger partial charge on any atom is -0.478 e. The molecule has 7 heteroatoms. The van der Waals surface area contributed by atoms with Crippen molar-refractivity contribution in [3.8, 4) is 5.69 Å². The molecule has 0 aliphatic rings. The molecule has 1 amide bonds. The van der Waals surface area contributed by atoms with E-state index in [-0.39, 0.29) is 17.5 Å². The number of carbonyl (C=O) groups excluding carboxylic acids is 1. The lowest BCUT2D eigenvalue weighted by Gasteiger charge is -2.19. The molecule has 7 nitrogen and oxygen atoms in total. The fraction of sp³-hybridized carbons (Fsp3) is 0.211. The Bertz CT molecular complexity index is 915. The van der Waals surface area contributed by atoms with Crippen LogP contribution in [0.5, 0.6) is 0 Å². The molecule has 2 N–H and O–H groups in total. The number of carboxylic acids is 1. The molecule has 0 aliphatic heterocycles. The first-order valence-corrected chi connectivity index (χ1v) is 8.27. The maximum atomic E-state index is 12.5. The molecule has 2 heterocycles. The van der Waals surface area contributed by atoms with Crippen molar-refractivity contribution in [1.82, 2.24) is 19.7 Å². The Hall–Kier alpha value is -3.35. The van der Waals surface area contributed by atoms with Gasteiger partial charge in [0.2, 0.25) is 5.91 Å². The molecule has 0 bridgehead atoms.